The summed E-state index contributed by atoms with van der Waals surface area (Å²) in [5.41, 5.74) is 13.0. The predicted octanol–water partition coefficient (Wildman–Crippen LogP) is 17.3. The van der Waals surface area contributed by atoms with Gasteiger partial charge in [-0.25, -0.2) is 0 Å². The fourth-order valence-corrected chi connectivity index (χ4v) is 9.43. The average molecular weight is 805 g/mol. The summed E-state index contributed by atoms with van der Waals surface area (Å²) in [6.07, 6.45) is 0. The van der Waals surface area contributed by atoms with Crippen LogP contribution in [0, 0.1) is 0 Å². The van der Waals surface area contributed by atoms with E-state index in [9.17, 15) is 0 Å². The molecule has 0 saturated heterocycles. The number of rotatable bonds is 8. The molecule has 0 aliphatic heterocycles. The maximum Gasteiger partial charge on any atom is 0.143 e. The fourth-order valence-electron chi connectivity index (χ4n) is 9.43. The number of hydrogen-bond acceptors (Lipinski definition) is 3. The first-order valence-electron chi connectivity index (χ1n) is 21.5. The molecule has 0 aliphatic carbocycles. The normalized spacial score (nSPS) is 11.5. The topological polar surface area (TPSA) is 19.6 Å². The molecule has 11 aromatic carbocycles. The van der Waals surface area contributed by atoms with E-state index in [1.54, 1.807) is 0 Å². The molecule has 63 heavy (non-hydrogen) atoms. The molecule has 3 nitrogen and oxygen atoms in total. The summed E-state index contributed by atoms with van der Waals surface area (Å²) in [6, 6.07) is 86.8. The quantitative estimate of drug-likeness (QED) is 0.143. The molecule has 0 N–H and O–H groups in total. The first kappa shape index (κ1) is 36.5. The third kappa shape index (κ3) is 6.38. The Morgan fingerprint density at radius 3 is 1.46 bits per heavy atom. The highest BCUT2D eigenvalue weighted by atomic mass is 16.3. The highest BCUT2D eigenvalue weighted by molar-refractivity contribution is 6.30. The number of furan rings is 1. The average Bonchev–Trinajstić information content (AvgIpc) is 3.75. The minimum atomic E-state index is 0.874. The number of anilines is 6. The molecule has 0 amide bonds. The van der Waals surface area contributed by atoms with Crippen LogP contribution in [0.4, 0.5) is 34.1 Å². The highest BCUT2D eigenvalue weighted by Crippen LogP contribution is 2.46. The van der Waals surface area contributed by atoms with Crippen molar-refractivity contribution in [3.63, 3.8) is 0 Å². The lowest BCUT2D eigenvalue weighted by Crippen LogP contribution is -2.10. The van der Waals surface area contributed by atoms with Crippen molar-refractivity contribution in [3.8, 4) is 22.3 Å². The smallest absolute Gasteiger partial charge is 0.143 e. The number of hydrogen-bond donors (Lipinski definition) is 0. The molecule has 0 radical (unpaired) electrons. The molecule has 0 saturated carbocycles. The van der Waals surface area contributed by atoms with Gasteiger partial charge in [-0.2, -0.15) is 0 Å². The third-order valence-corrected chi connectivity index (χ3v) is 12.4. The van der Waals surface area contributed by atoms with E-state index < -0.39 is 0 Å². The maximum absolute atomic E-state index is 6.96. The molecule has 0 atom stereocenters. The van der Waals surface area contributed by atoms with Crippen LogP contribution in [0.1, 0.15) is 0 Å². The van der Waals surface area contributed by atoms with Crippen molar-refractivity contribution in [2.75, 3.05) is 9.80 Å². The predicted molar refractivity (Wildman–Crippen MR) is 266 cm³/mol. The summed E-state index contributed by atoms with van der Waals surface area (Å²) in [5.74, 6) is 0. The summed E-state index contributed by atoms with van der Waals surface area (Å²) in [7, 11) is 0. The summed E-state index contributed by atoms with van der Waals surface area (Å²) in [6.45, 7) is 0. The summed E-state index contributed by atoms with van der Waals surface area (Å²) < 4.78 is 6.96. The molecule has 12 aromatic rings. The molecule has 0 fully saturated rings. The Kier molecular flexibility index (Phi) is 8.83. The Bertz CT molecular complexity index is 3590. The van der Waals surface area contributed by atoms with Crippen molar-refractivity contribution in [1.82, 2.24) is 0 Å². The van der Waals surface area contributed by atoms with Gasteiger partial charge in [0.25, 0.3) is 0 Å². The zero-order valence-electron chi connectivity index (χ0n) is 34.4. The summed E-state index contributed by atoms with van der Waals surface area (Å²) in [4.78, 5) is 4.68. The monoisotopic (exact) mass is 804 g/mol. The van der Waals surface area contributed by atoms with E-state index in [4.69, 9.17) is 4.42 Å². The molecular formula is C60H40N2O. The van der Waals surface area contributed by atoms with Crippen LogP contribution >= 0.6 is 0 Å². The molecule has 0 aliphatic rings. The van der Waals surface area contributed by atoms with Gasteiger partial charge in [0.1, 0.15) is 11.2 Å². The van der Waals surface area contributed by atoms with Gasteiger partial charge in [0.05, 0.1) is 5.69 Å². The van der Waals surface area contributed by atoms with E-state index in [0.717, 1.165) is 78.0 Å². The van der Waals surface area contributed by atoms with Crippen LogP contribution in [0.2, 0.25) is 0 Å². The SMILES string of the molecule is c1ccc(-c2ccc(N(c3ccccc3)c3ccc(-c4ccc5c(c4)oc4c6ccc(N(c7ccccc7)c7cccc8ccccc78)cc6c6ccccc6c54)cc3)cc2)cc1. The zero-order chi connectivity index (χ0) is 41.7. The number of para-hydroxylation sites is 2. The van der Waals surface area contributed by atoms with Crippen molar-refractivity contribution in [2.24, 2.45) is 0 Å². The van der Waals surface area contributed by atoms with E-state index in [1.807, 2.05) is 0 Å². The van der Waals surface area contributed by atoms with E-state index >= 15 is 0 Å². The Morgan fingerprint density at radius 1 is 0.270 bits per heavy atom. The third-order valence-electron chi connectivity index (χ3n) is 12.4. The van der Waals surface area contributed by atoms with E-state index in [2.05, 4.69) is 252 Å². The molecule has 3 heteroatoms. The van der Waals surface area contributed by atoms with Crippen molar-refractivity contribution in [3.05, 3.63) is 243 Å². The lowest BCUT2D eigenvalue weighted by molar-refractivity contribution is 0.673. The van der Waals surface area contributed by atoms with Crippen LogP contribution in [0.3, 0.4) is 0 Å². The van der Waals surface area contributed by atoms with Gasteiger partial charge in [-0.1, -0.05) is 158 Å². The van der Waals surface area contributed by atoms with Crippen LogP contribution < -0.4 is 9.80 Å². The van der Waals surface area contributed by atoms with Crippen LogP contribution in [0.25, 0.3) is 76.5 Å². The Labute approximate surface area is 365 Å². The van der Waals surface area contributed by atoms with Gasteiger partial charge < -0.3 is 14.2 Å². The van der Waals surface area contributed by atoms with Crippen molar-refractivity contribution < 1.29 is 4.42 Å². The molecule has 12 rings (SSSR count). The van der Waals surface area contributed by atoms with Crippen LogP contribution in [-0.4, -0.2) is 0 Å². The fraction of sp³-hybridized carbons (Fsp3) is 0. The van der Waals surface area contributed by atoms with Gasteiger partial charge in [0.2, 0.25) is 0 Å². The standard InChI is InChI=1S/C60H40N2O/c1-4-15-41(16-5-1)42-27-32-48(33-28-42)61(46-19-6-2-7-20-46)49-34-29-43(30-35-49)45-31-37-55-58(39-45)63-60-54-38-36-50(40-56(54)52-24-12-13-25-53(52)59(55)60)62(47-21-8-3-9-22-47)57-26-14-18-44-17-10-11-23-51(44)57/h1-40H. The van der Waals surface area contributed by atoms with Gasteiger partial charge >= 0.3 is 0 Å². The van der Waals surface area contributed by atoms with E-state index in [-0.39, 0.29) is 0 Å². The lowest BCUT2D eigenvalue weighted by atomic mass is 9.95. The highest BCUT2D eigenvalue weighted by Gasteiger charge is 2.21. The lowest BCUT2D eigenvalue weighted by Gasteiger charge is -2.27. The number of benzene rings is 11. The Morgan fingerprint density at radius 2 is 0.762 bits per heavy atom. The minimum Gasteiger partial charge on any atom is -0.455 e. The first-order valence-corrected chi connectivity index (χ1v) is 21.5. The summed E-state index contributed by atoms with van der Waals surface area (Å²) >= 11 is 0. The number of nitrogens with zero attached hydrogens (tertiary/aromatic N) is 2. The second-order valence-electron chi connectivity index (χ2n) is 16.1. The van der Waals surface area contributed by atoms with Crippen LogP contribution in [-0.2, 0) is 0 Å². The molecule has 0 bridgehead atoms. The molecule has 0 unspecified atom stereocenters. The number of fused-ring (bicyclic) bond motifs is 9. The largest absolute Gasteiger partial charge is 0.455 e. The molecule has 296 valence electrons. The Balaban J connectivity index is 0.947. The van der Waals surface area contributed by atoms with Gasteiger partial charge in [-0.05, 0) is 129 Å². The van der Waals surface area contributed by atoms with Crippen LogP contribution in [0.5, 0.6) is 0 Å². The van der Waals surface area contributed by atoms with E-state index in [1.165, 1.54) is 32.7 Å². The van der Waals surface area contributed by atoms with Crippen LogP contribution in [0.15, 0.2) is 247 Å². The van der Waals surface area contributed by atoms with Crippen molar-refractivity contribution >= 4 is 88.4 Å². The minimum absolute atomic E-state index is 0.874. The summed E-state index contributed by atoms with van der Waals surface area (Å²) in [5, 5.41) is 9.31. The molecular weight excluding hydrogens is 765 g/mol. The second-order valence-corrected chi connectivity index (χ2v) is 16.1. The van der Waals surface area contributed by atoms with E-state index in [0.29, 0.717) is 0 Å². The molecule has 1 heterocycles. The first-order chi connectivity index (χ1) is 31.2. The molecule has 1 aromatic heterocycles. The van der Waals surface area contributed by atoms with Gasteiger partial charge in [-0.3, -0.25) is 0 Å². The second kappa shape index (κ2) is 15.3. The van der Waals surface area contributed by atoms with Crippen molar-refractivity contribution in [2.45, 2.75) is 0 Å². The van der Waals surface area contributed by atoms with Gasteiger partial charge in [0.15, 0.2) is 0 Å². The Hall–Kier alpha value is -8.40. The molecule has 0 spiro atoms. The van der Waals surface area contributed by atoms with Gasteiger partial charge in [0, 0.05) is 50.0 Å². The maximum atomic E-state index is 6.96. The zero-order valence-corrected chi connectivity index (χ0v) is 34.4. The van der Waals surface area contributed by atoms with Gasteiger partial charge in [-0.15, -0.1) is 0 Å². The van der Waals surface area contributed by atoms with Crippen molar-refractivity contribution in [1.29, 1.82) is 0 Å².